The molecule has 3 aliphatic rings. The first-order valence-corrected chi connectivity index (χ1v) is 9.99. The van der Waals surface area contributed by atoms with Crippen molar-refractivity contribution in [2.24, 2.45) is 11.3 Å². The second kappa shape index (κ2) is 7.67. The SMILES string of the molecule is O=C(O)[C@]12CCOC[C@H]1CN(C1CCN(CCc3ccccc3)CC1)C2. The summed E-state index contributed by atoms with van der Waals surface area (Å²) >= 11 is 0. The maximum atomic E-state index is 12.0. The van der Waals surface area contributed by atoms with E-state index in [1.54, 1.807) is 0 Å². The third-order valence-electron chi connectivity index (χ3n) is 6.79. The van der Waals surface area contributed by atoms with E-state index in [0.29, 0.717) is 32.2 Å². The molecule has 1 N–H and O–H groups in total. The van der Waals surface area contributed by atoms with Gasteiger partial charge in [-0.05, 0) is 44.3 Å². The number of piperidine rings is 1. The predicted molar refractivity (Wildman–Crippen MR) is 100 cm³/mol. The molecule has 0 bridgehead atoms. The summed E-state index contributed by atoms with van der Waals surface area (Å²) in [5, 5.41) is 9.85. The molecule has 0 spiro atoms. The standard InChI is InChI=1S/C21H30N2O3/c24-20(25)21-9-13-26-15-18(21)14-23(16-21)19-7-11-22(12-8-19)10-6-17-4-2-1-3-5-17/h1-5,18-19H,6-16H2,(H,24,25)/t18-,21+/m1/s1. The maximum absolute atomic E-state index is 12.0. The van der Waals surface area contributed by atoms with Crippen LogP contribution in [0.25, 0.3) is 0 Å². The van der Waals surface area contributed by atoms with E-state index < -0.39 is 11.4 Å². The molecule has 1 aromatic carbocycles. The predicted octanol–water partition coefficient (Wildman–Crippen LogP) is 2.12. The zero-order valence-corrected chi connectivity index (χ0v) is 15.5. The van der Waals surface area contributed by atoms with Crippen molar-refractivity contribution >= 4 is 5.97 Å². The van der Waals surface area contributed by atoms with Gasteiger partial charge in [0.15, 0.2) is 0 Å². The Kier molecular flexibility index (Phi) is 5.30. The monoisotopic (exact) mass is 358 g/mol. The molecule has 26 heavy (non-hydrogen) atoms. The Morgan fingerprint density at radius 2 is 2.00 bits per heavy atom. The van der Waals surface area contributed by atoms with Crippen LogP contribution in [-0.2, 0) is 16.0 Å². The Hall–Kier alpha value is -1.43. The number of fused-ring (bicyclic) bond motifs is 1. The molecule has 0 amide bonds. The lowest BCUT2D eigenvalue weighted by Gasteiger charge is -2.37. The van der Waals surface area contributed by atoms with Gasteiger partial charge in [-0.15, -0.1) is 0 Å². The Balaban J connectivity index is 1.29. The summed E-state index contributed by atoms with van der Waals surface area (Å²) in [6, 6.07) is 11.2. The average Bonchev–Trinajstić information content (AvgIpc) is 3.09. The van der Waals surface area contributed by atoms with Crippen LogP contribution in [0.3, 0.4) is 0 Å². The van der Waals surface area contributed by atoms with Gasteiger partial charge in [-0.2, -0.15) is 0 Å². The lowest BCUT2D eigenvalue weighted by molar-refractivity contribution is -0.157. The van der Waals surface area contributed by atoms with E-state index in [1.807, 2.05) is 0 Å². The first-order chi connectivity index (χ1) is 12.7. The quantitative estimate of drug-likeness (QED) is 0.874. The largest absolute Gasteiger partial charge is 0.481 e. The average molecular weight is 358 g/mol. The number of carboxylic acid groups (broad SMARTS) is 1. The minimum atomic E-state index is -0.617. The normalized spacial score (nSPS) is 31.0. The summed E-state index contributed by atoms with van der Waals surface area (Å²) in [6.07, 6.45) is 4.08. The van der Waals surface area contributed by atoms with Crippen LogP contribution in [0.5, 0.6) is 0 Å². The van der Waals surface area contributed by atoms with E-state index in [0.717, 1.165) is 45.4 Å². The summed E-state index contributed by atoms with van der Waals surface area (Å²) in [5.41, 5.74) is 0.838. The van der Waals surface area contributed by atoms with Crippen LogP contribution in [0.15, 0.2) is 30.3 Å². The summed E-state index contributed by atoms with van der Waals surface area (Å²) in [4.78, 5) is 17.0. The molecule has 4 rings (SSSR count). The molecule has 142 valence electrons. The van der Waals surface area contributed by atoms with Gasteiger partial charge in [-0.3, -0.25) is 9.69 Å². The fourth-order valence-corrected chi connectivity index (χ4v) is 5.06. The van der Waals surface area contributed by atoms with Crippen LogP contribution in [-0.4, -0.2) is 72.9 Å². The molecular formula is C21H30N2O3. The zero-order valence-electron chi connectivity index (χ0n) is 15.5. The molecule has 3 aliphatic heterocycles. The smallest absolute Gasteiger partial charge is 0.311 e. The molecule has 5 nitrogen and oxygen atoms in total. The molecule has 0 aliphatic carbocycles. The number of nitrogens with zero attached hydrogens (tertiary/aromatic N) is 2. The number of hydrogen-bond donors (Lipinski definition) is 1. The van der Waals surface area contributed by atoms with E-state index in [1.165, 1.54) is 5.56 Å². The van der Waals surface area contributed by atoms with Crippen LogP contribution >= 0.6 is 0 Å². The van der Waals surface area contributed by atoms with Crippen molar-refractivity contribution in [1.82, 2.24) is 9.80 Å². The van der Waals surface area contributed by atoms with Crippen LogP contribution in [0.4, 0.5) is 0 Å². The first-order valence-electron chi connectivity index (χ1n) is 9.99. The van der Waals surface area contributed by atoms with E-state index >= 15 is 0 Å². The fraction of sp³-hybridized carbons (Fsp3) is 0.667. The molecule has 3 fully saturated rings. The first kappa shape index (κ1) is 18.0. The summed E-state index contributed by atoms with van der Waals surface area (Å²) in [6.45, 7) is 6.16. The molecule has 0 saturated carbocycles. The van der Waals surface area contributed by atoms with Gasteiger partial charge in [-0.25, -0.2) is 0 Å². The van der Waals surface area contributed by atoms with E-state index in [4.69, 9.17) is 4.74 Å². The van der Waals surface area contributed by atoms with Crippen molar-refractivity contribution in [3.05, 3.63) is 35.9 Å². The van der Waals surface area contributed by atoms with Crippen LogP contribution < -0.4 is 0 Å². The highest BCUT2D eigenvalue weighted by Crippen LogP contribution is 2.43. The highest BCUT2D eigenvalue weighted by Gasteiger charge is 2.54. The molecule has 1 aromatic rings. The molecule has 0 aromatic heterocycles. The van der Waals surface area contributed by atoms with Gasteiger partial charge in [0.25, 0.3) is 0 Å². The Morgan fingerprint density at radius 1 is 1.23 bits per heavy atom. The summed E-state index contributed by atoms with van der Waals surface area (Å²) < 4.78 is 5.59. The van der Waals surface area contributed by atoms with Gasteiger partial charge < -0.3 is 14.7 Å². The number of benzene rings is 1. The van der Waals surface area contributed by atoms with Crippen molar-refractivity contribution in [3.63, 3.8) is 0 Å². The Bertz CT molecular complexity index is 615. The van der Waals surface area contributed by atoms with Crippen molar-refractivity contribution < 1.29 is 14.6 Å². The van der Waals surface area contributed by atoms with Crippen molar-refractivity contribution in [1.29, 1.82) is 0 Å². The number of aliphatic carboxylic acids is 1. The number of hydrogen-bond acceptors (Lipinski definition) is 4. The minimum absolute atomic E-state index is 0.157. The third kappa shape index (κ3) is 3.53. The van der Waals surface area contributed by atoms with Gasteiger partial charge in [0.2, 0.25) is 0 Å². The molecule has 3 saturated heterocycles. The highest BCUT2D eigenvalue weighted by atomic mass is 16.5. The summed E-state index contributed by atoms with van der Waals surface area (Å²) in [7, 11) is 0. The number of rotatable bonds is 5. The lowest BCUT2D eigenvalue weighted by Crippen LogP contribution is -2.47. The zero-order chi connectivity index (χ0) is 18.0. The van der Waals surface area contributed by atoms with Crippen molar-refractivity contribution in [2.75, 3.05) is 45.9 Å². The molecule has 0 unspecified atom stereocenters. The van der Waals surface area contributed by atoms with Crippen LogP contribution in [0.1, 0.15) is 24.8 Å². The van der Waals surface area contributed by atoms with Gasteiger partial charge >= 0.3 is 5.97 Å². The van der Waals surface area contributed by atoms with Gasteiger partial charge in [0, 0.05) is 38.2 Å². The van der Waals surface area contributed by atoms with E-state index in [2.05, 4.69) is 40.1 Å². The van der Waals surface area contributed by atoms with E-state index in [-0.39, 0.29) is 5.92 Å². The topological polar surface area (TPSA) is 53.0 Å². The molecule has 3 heterocycles. The van der Waals surface area contributed by atoms with Crippen LogP contribution in [0.2, 0.25) is 0 Å². The maximum Gasteiger partial charge on any atom is 0.311 e. The van der Waals surface area contributed by atoms with Gasteiger partial charge in [0.05, 0.1) is 12.0 Å². The second-order valence-electron chi connectivity index (χ2n) is 8.22. The molecule has 5 heteroatoms. The lowest BCUT2D eigenvalue weighted by atomic mass is 9.74. The number of carbonyl (C=O) groups is 1. The molecule has 0 radical (unpaired) electrons. The number of likely N-dealkylation sites (tertiary alicyclic amines) is 2. The molecular weight excluding hydrogens is 328 g/mol. The Morgan fingerprint density at radius 3 is 2.69 bits per heavy atom. The van der Waals surface area contributed by atoms with Crippen LogP contribution in [0, 0.1) is 11.3 Å². The van der Waals surface area contributed by atoms with Gasteiger partial charge in [0.1, 0.15) is 0 Å². The van der Waals surface area contributed by atoms with E-state index in [9.17, 15) is 9.90 Å². The van der Waals surface area contributed by atoms with Crippen molar-refractivity contribution in [2.45, 2.75) is 31.7 Å². The molecule has 2 atom stereocenters. The minimum Gasteiger partial charge on any atom is -0.481 e. The van der Waals surface area contributed by atoms with Gasteiger partial charge in [-0.1, -0.05) is 30.3 Å². The number of ether oxygens (including phenoxy) is 1. The third-order valence-corrected chi connectivity index (χ3v) is 6.79. The highest BCUT2D eigenvalue weighted by molar-refractivity contribution is 5.76. The van der Waals surface area contributed by atoms with Crippen molar-refractivity contribution in [3.8, 4) is 0 Å². The Labute approximate surface area is 155 Å². The fourth-order valence-electron chi connectivity index (χ4n) is 5.06. The number of carboxylic acids is 1. The summed E-state index contributed by atoms with van der Waals surface area (Å²) in [5.74, 6) is -0.460. The second-order valence-corrected chi connectivity index (χ2v) is 8.22.